The molecule has 1 saturated heterocycles. The standard InChI is InChI=1S/C16H19O/c1-3-6-13-7-4-5-8-14(13)16-11-12(2)9-10-15(16)17-16/h3-5,7-8,10,12,15H,1,6,9,11H2,2H3/t12-,15+,16+/m0/s1. The lowest BCUT2D eigenvalue weighted by Crippen LogP contribution is -2.23. The van der Waals surface area contributed by atoms with Gasteiger partial charge in [0, 0.05) is 0 Å². The highest BCUT2D eigenvalue weighted by Gasteiger charge is 2.60. The first-order valence-electron chi connectivity index (χ1n) is 6.46. The molecule has 0 amide bonds. The first kappa shape index (κ1) is 11.0. The zero-order valence-electron chi connectivity index (χ0n) is 10.4. The van der Waals surface area contributed by atoms with Crippen molar-refractivity contribution in [3.63, 3.8) is 0 Å². The molecule has 1 aromatic carbocycles. The third-order valence-corrected chi connectivity index (χ3v) is 3.98. The second kappa shape index (κ2) is 3.99. The second-order valence-electron chi connectivity index (χ2n) is 5.36. The number of hydrogen-bond acceptors (Lipinski definition) is 1. The molecule has 1 saturated carbocycles. The van der Waals surface area contributed by atoms with Gasteiger partial charge in [-0.2, -0.15) is 0 Å². The average Bonchev–Trinajstić information content (AvgIpc) is 3.04. The minimum absolute atomic E-state index is 0.00271. The van der Waals surface area contributed by atoms with Gasteiger partial charge in [0.15, 0.2) is 0 Å². The highest BCUT2D eigenvalue weighted by atomic mass is 16.6. The summed E-state index contributed by atoms with van der Waals surface area (Å²) in [6.07, 6.45) is 7.95. The number of epoxide rings is 1. The Morgan fingerprint density at radius 3 is 3.12 bits per heavy atom. The summed E-state index contributed by atoms with van der Waals surface area (Å²) in [7, 11) is 0. The molecule has 1 aromatic rings. The van der Waals surface area contributed by atoms with E-state index in [4.69, 9.17) is 4.74 Å². The smallest absolute Gasteiger partial charge is 0.121 e. The van der Waals surface area contributed by atoms with Gasteiger partial charge >= 0.3 is 0 Å². The molecule has 2 aliphatic rings. The summed E-state index contributed by atoms with van der Waals surface area (Å²) in [6.45, 7) is 6.16. The molecule has 0 spiro atoms. The number of allylic oxidation sites excluding steroid dienone is 1. The predicted octanol–water partition coefficient (Wildman–Crippen LogP) is 3.64. The van der Waals surface area contributed by atoms with Crippen LogP contribution in [0.5, 0.6) is 0 Å². The molecule has 1 nitrogen and oxygen atoms in total. The molecule has 2 fully saturated rings. The van der Waals surface area contributed by atoms with Crippen LogP contribution in [0.25, 0.3) is 0 Å². The van der Waals surface area contributed by atoms with Crippen molar-refractivity contribution in [3.8, 4) is 0 Å². The van der Waals surface area contributed by atoms with E-state index in [-0.39, 0.29) is 5.60 Å². The lowest BCUT2D eigenvalue weighted by molar-refractivity contribution is 0.265. The maximum Gasteiger partial charge on any atom is 0.121 e. The van der Waals surface area contributed by atoms with E-state index in [1.54, 1.807) is 0 Å². The second-order valence-corrected chi connectivity index (χ2v) is 5.36. The molecular formula is C16H19O. The number of rotatable bonds is 3. The Morgan fingerprint density at radius 2 is 2.29 bits per heavy atom. The van der Waals surface area contributed by atoms with Crippen LogP contribution in [0.2, 0.25) is 0 Å². The Kier molecular flexibility index (Phi) is 2.59. The van der Waals surface area contributed by atoms with Crippen molar-refractivity contribution in [2.45, 2.75) is 37.9 Å². The van der Waals surface area contributed by atoms with E-state index in [9.17, 15) is 0 Å². The van der Waals surface area contributed by atoms with Gasteiger partial charge in [0.25, 0.3) is 0 Å². The molecule has 89 valence electrons. The molecule has 1 heterocycles. The molecule has 1 aliphatic heterocycles. The average molecular weight is 227 g/mol. The van der Waals surface area contributed by atoms with Crippen molar-refractivity contribution in [1.82, 2.24) is 0 Å². The minimum atomic E-state index is -0.00271. The largest absolute Gasteiger partial charge is 0.361 e. The van der Waals surface area contributed by atoms with Crippen LogP contribution in [0.15, 0.2) is 36.9 Å². The van der Waals surface area contributed by atoms with Gasteiger partial charge in [-0.25, -0.2) is 0 Å². The molecule has 0 bridgehead atoms. The molecule has 0 unspecified atom stereocenters. The fourth-order valence-electron chi connectivity index (χ4n) is 3.15. The van der Waals surface area contributed by atoms with E-state index >= 15 is 0 Å². The maximum absolute atomic E-state index is 6.02. The van der Waals surface area contributed by atoms with Crippen LogP contribution in [0.1, 0.15) is 30.9 Å². The zero-order valence-corrected chi connectivity index (χ0v) is 10.4. The molecule has 1 heteroatoms. The van der Waals surface area contributed by atoms with Crippen LogP contribution >= 0.6 is 0 Å². The van der Waals surface area contributed by atoms with Crippen molar-refractivity contribution < 1.29 is 4.74 Å². The summed E-state index contributed by atoms with van der Waals surface area (Å²) in [5.74, 6) is 0.727. The Bertz CT molecular complexity index is 437. The molecule has 0 N–H and O–H groups in total. The maximum atomic E-state index is 6.02. The third-order valence-electron chi connectivity index (χ3n) is 3.98. The van der Waals surface area contributed by atoms with Crippen LogP contribution in [-0.2, 0) is 16.8 Å². The Morgan fingerprint density at radius 1 is 1.47 bits per heavy atom. The molecule has 0 aromatic heterocycles. The quantitative estimate of drug-likeness (QED) is 0.567. The van der Waals surface area contributed by atoms with Crippen molar-refractivity contribution in [2.24, 2.45) is 5.92 Å². The third kappa shape index (κ3) is 1.73. The van der Waals surface area contributed by atoms with E-state index in [0.29, 0.717) is 6.10 Å². The lowest BCUT2D eigenvalue weighted by atomic mass is 9.77. The Hall–Kier alpha value is -1.08. The number of fused-ring (bicyclic) bond motifs is 1. The molecule has 1 aliphatic carbocycles. The van der Waals surface area contributed by atoms with Gasteiger partial charge in [-0.3, -0.25) is 0 Å². The zero-order chi connectivity index (χ0) is 11.9. The van der Waals surface area contributed by atoms with Gasteiger partial charge in [-0.15, -0.1) is 6.58 Å². The highest BCUT2D eigenvalue weighted by Crippen LogP contribution is 2.57. The minimum Gasteiger partial charge on any atom is -0.361 e. The van der Waals surface area contributed by atoms with Gasteiger partial charge in [0.05, 0.1) is 6.10 Å². The summed E-state index contributed by atoms with van der Waals surface area (Å²) in [4.78, 5) is 0. The molecule has 3 rings (SSSR count). The van der Waals surface area contributed by atoms with Crippen molar-refractivity contribution in [1.29, 1.82) is 0 Å². The molecule has 17 heavy (non-hydrogen) atoms. The monoisotopic (exact) mass is 227 g/mol. The van der Waals surface area contributed by atoms with Gasteiger partial charge in [0.2, 0.25) is 0 Å². The normalized spacial score (nSPS) is 35.1. The summed E-state index contributed by atoms with van der Waals surface area (Å²) < 4.78 is 6.02. The van der Waals surface area contributed by atoms with E-state index in [1.165, 1.54) is 17.5 Å². The van der Waals surface area contributed by atoms with Crippen molar-refractivity contribution in [3.05, 3.63) is 54.5 Å². The van der Waals surface area contributed by atoms with E-state index in [0.717, 1.165) is 18.8 Å². The molecule has 1 radical (unpaired) electrons. The van der Waals surface area contributed by atoms with Crippen LogP contribution in [-0.4, -0.2) is 6.10 Å². The summed E-state index contributed by atoms with van der Waals surface area (Å²) >= 11 is 0. The summed E-state index contributed by atoms with van der Waals surface area (Å²) in [6, 6.07) is 8.65. The van der Waals surface area contributed by atoms with Crippen molar-refractivity contribution in [2.75, 3.05) is 0 Å². The number of ether oxygens (including phenoxy) is 1. The van der Waals surface area contributed by atoms with Gasteiger partial charge < -0.3 is 4.74 Å². The van der Waals surface area contributed by atoms with E-state index in [1.807, 2.05) is 6.08 Å². The fraction of sp³-hybridized carbons (Fsp3) is 0.438. The van der Waals surface area contributed by atoms with Gasteiger partial charge in [-0.05, 0) is 42.7 Å². The van der Waals surface area contributed by atoms with Gasteiger partial charge in [0.1, 0.15) is 5.60 Å². The Balaban J connectivity index is 1.96. The number of benzene rings is 1. The van der Waals surface area contributed by atoms with Crippen LogP contribution < -0.4 is 0 Å². The van der Waals surface area contributed by atoms with Crippen LogP contribution in [0.4, 0.5) is 0 Å². The van der Waals surface area contributed by atoms with Crippen molar-refractivity contribution >= 4 is 0 Å². The highest BCUT2D eigenvalue weighted by molar-refractivity contribution is 5.40. The molecule has 3 atom stereocenters. The van der Waals surface area contributed by atoms with E-state index < -0.39 is 0 Å². The van der Waals surface area contributed by atoms with E-state index in [2.05, 4.69) is 44.2 Å². The summed E-state index contributed by atoms with van der Waals surface area (Å²) in [5.41, 5.74) is 2.75. The van der Waals surface area contributed by atoms with Gasteiger partial charge in [-0.1, -0.05) is 37.3 Å². The predicted molar refractivity (Wildman–Crippen MR) is 69.6 cm³/mol. The van der Waals surface area contributed by atoms with Crippen LogP contribution in [0.3, 0.4) is 0 Å². The first-order valence-corrected chi connectivity index (χ1v) is 6.46. The fourth-order valence-corrected chi connectivity index (χ4v) is 3.15. The summed E-state index contributed by atoms with van der Waals surface area (Å²) in [5, 5.41) is 0. The van der Waals surface area contributed by atoms with Crippen LogP contribution in [0, 0.1) is 12.3 Å². The lowest BCUT2D eigenvalue weighted by Gasteiger charge is -2.24. The molecular weight excluding hydrogens is 208 g/mol. The SMILES string of the molecule is C=CCc1ccccc1[C@]12C[C@@H](C)C[CH][C@H]1O2. The number of hydrogen-bond donors (Lipinski definition) is 0. The first-order chi connectivity index (χ1) is 8.26. The topological polar surface area (TPSA) is 12.5 Å². The Labute approximate surface area is 103 Å².